The summed E-state index contributed by atoms with van der Waals surface area (Å²) in [6.07, 6.45) is 4.36. The van der Waals surface area contributed by atoms with Crippen LogP contribution in [0.3, 0.4) is 0 Å². The van der Waals surface area contributed by atoms with Crippen LogP contribution in [0.15, 0.2) is 18.2 Å². The van der Waals surface area contributed by atoms with Gasteiger partial charge in [-0.25, -0.2) is 0 Å². The number of carbonyl (C=O) groups is 1. The number of benzene rings is 1. The molecule has 2 heterocycles. The minimum absolute atomic E-state index is 0.0130. The molecule has 1 aromatic rings. The summed E-state index contributed by atoms with van der Waals surface area (Å²) in [5.41, 5.74) is 1.88. The first-order valence-corrected chi connectivity index (χ1v) is 8.09. The number of fused-ring (bicyclic) bond motifs is 1. The molecule has 21 heavy (non-hydrogen) atoms. The topological polar surface area (TPSA) is 41.6 Å². The number of anilines is 1. The summed E-state index contributed by atoms with van der Waals surface area (Å²) < 4.78 is 5.71. The van der Waals surface area contributed by atoms with Crippen LogP contribution in [-0.2, 0) is 0 Å². The van der Waals surface area contributed by atoms with Crippen molar-refractivity contribution < 1.29 is 9.53 Å². The summed E-state index contributed by atoms with van der Waals surface area (Å²) in [6, 6.07) is 5.86. The Morgan fingerprint density at radius 3 is 3.10 bits per heavy atom. The molecule has 4 nitrogen and oxygen atoms in total. The van der Waals surface area contributed by atoms with Gasteiger partial charge in [0.2, 0.25) is 0 Å². The summed E-state index contributed by atoms with van der Waals surface area (Å²) in [4.78, 5) is 15.0. The molecule has 0 spiro atoms. The van der Waals surface area contributed by atoms with Crippen LogP contribution in [0.1, 0.15) is 43.0 Å². The van der Waals surface area contributed by atoms with E-state index in [9.17, 15) is 4.79 Å². The number of piperidine rings is 1. The van der Waals surface area contributed by atoms with Crippen LogP contribution in [0.5, 0.6) is 5.75 Å². The summed E-state index contributed by atoms with van der Waals surface area (Å²) in [7, 11) is 0. The normalized spacial score (nSPS) is 21.6. The maximum absolute atomic E-state index is 12.6. The van der Waals surface area contributed by atoms with E-state index in [0.29, 0.717) is 0 Å². The maximum atomic E-state index is 12.6. The third-order valence-corrected chi connectivity index (χ3v) is 4.32. The lowest BCUT2D eigenvalue weighted by atomic mass is 9.96. The van der Waals surface area contributed by atoms with Gasteiger partial charge in [-0.15, -0.1) is 0 Å². The Balaban J connectivity index is 1.83. The Morgan fingerprint density at radius 1 is 1.43 bits per heavy atom. The molecule has 2 aliphatic rings. The molecule has 3 rings (SSSR count). The molecule has 0 saturated carbocycles. The van der Waals surface area contributed by atoms with Crippen LogP contribution in [0.25, 0.3) is 0 Å². The molecule has 1 unspecified atom stereocenters. The van der Waals surface area contributed by atoms with Gasteiger partial charge >= 0.3 is 0 Å². The van der Waals surface area contributed by atoms with E-state index in [2.05, 4.69) is 17.1 Å². The predicted octanol–water partition coefficient (Wildman–Crippen LogP) is 2.62. The van der Waals surface area contributed by atoms with Crippen LogP contribution >= 0.6 is 0 Å². The second-order valence-corrected chi connectivity index (χ2v) is 5.88. The number of rotatable bonds is 4. The summed E-state index contributed by atoms with van der Waals surface area (Å²) in [5, 5.41) is 3.34. The van der Waals surface area contributed by atoms with Gasteiger partial charge in [-0.1, -0.05) is 13.3 Å². The van der Waals surface area contributed by atoms with Crippen molar-refractivity contribution >= 4 is 11.5 Å². The van der Waals surface area contributed by atoms with Crippen molar-refractivity contribution in [2.24, 2.45) is 0 Å². The number of hydrogen-bond donors (Lipinski definition) is 1. The summed E-state index contributed by atoms with van der Waals surface area (Å²) >= 11 is 0. The van der Waals surface area contributed by atoms with Crippen molar-refractivity contribution in [3.8, 4) is 5.75 Å². The number of nitrogens with zero attached hydrogens (tertiary/aromatic N) is 1. The van der Waals surface area contributed by atoms with Gasteiger partial charge < -0.3 is 15.0 Å². The highest BCUT2D eigenvalue weighted by molar-refractivity contribution is 6.01. The van der Waals surface area contributed by atoms with Crippen molar-refractivity contribution in [2.45, 2.75) is 38.6 Å². The van der Waals surface area contributed by atoms with Crippen LogP contribution in [-0.4, -0.2) is 38.1 Å². The summed E-state index contributed by atoms with van der Waals surface area (Å²) in [6.45, 7) is 5.77. The van der Waals surface area contributed by atoms with Crippen LogP contribution < -0.4 is 15.0 Å². The zero-order valence-electron chi connectivity index (χ0n) is 12.7. The molecule has 0 aliphatic carbocycles. The van der Waals surface area contributed by atoms with Crippen LogP contribution in [0.2, 0.25) is 0 Å². The monoisotopic (exact) mass is 288 g/mol. The highest BCUT2D eigenvalue weighted by Gasteiger charge is 2.24. The molecule has 4 heteroatoms. The van der Waals surface area contributed by atoms with Gasteiger partial charge in [0.25, 0.3) is 0 Å². The molecule has 1 atom stereocenters. The smallest absolute Gasteiger partial charge is 0.179 e. The molecule has 114 valence electrons. The molecule has 0 bridgehead atoms. The fraction of sp³-hybridized carbons (Fsp3) is 0.588. The van der Waals surface area contributed by atoms with Crippen LogP contribution in [0.4, 0.5) is 5.69 Å². The van der Waals surface area contributed by atoms with E-state index in [1.54, 1.807) is 0 Å². The zero-order chi connectivity index (χ0) is 14.7. The maximum Gasteiger partial charge on any atom is 0.179 e. The Bertz CT molecular complexity index is 510. The zero-order valence-corrected chi connectivity index (χ0v) is 12.7. The van der Waals surface area contributed by atoms with Gasteiger partial charge in [-0.3, -0.25) is 4.79 Å². The molecule has 1 N–H and O–H groups in total. The Hall–Kier alpha value is -1.55. The first-order valence-electron chi connectivity index (χ1n) is 8.09. The van der Waals surface area contributed by atoms with Crippen molar-refractivity contribution in [2.75, 3.05) is 31.1 Å². The van der Waals surface area contributed by atoms with Crippen molar-refractivity contribution in [3.05, 3.63) is 23.8 Å². The largest absolute Gasteiger partial charge is 0.490 e. The van der Waals surface area contributed by atoms with E-state index in [4.69, 9.17) is 4.74 Å². The summed E-state index contributed by atoms with van der Waals surface area (Å²) in [5.74, 6) is 1.13. The Morgan fingerprint density at radius 2 is 2.33 bits per heavy atom. The van der Waals surface area contributed by atoms with E-state index in [1.165, 1.54) is 6.42 Å². The highest BCUT2D eigenvalue weighted by Crippen LogP contribution is 2.33. The highest BCUT2D eigenvalue weighted by atomic mass is 16.5. The third kappa shape index (κ3) is 3.05. The fourth-order valence-electron chi connectivity index (χ4n) is 3.21. The SMILES string of the molecule is CCCN1CCOc2ccc(C(=O)C3CCCCN3)cc21. The van der Waals surface area contributed by atoms with Gasteiger partial charge in [0, 0.05) is 12.1 Å². The van der Waals surface area contributed by atoms with Gasteiger partial charge in [-0.2, -0.15) is 0 Å². The predicted molar refractivity (Wildman–Crippen MR) is 84.4 cm³/mol. The first-order chi connectivity index (χ1) is 10.3. The standard InChI is InChI=1S/C17H24N2O2/c1-2-9-19-10-11-21-16-7-6-13(12-15(16)19)17(20)14-5-3-4-8-18-14/h6-7,12,14,18H,2-5,8-11H2,1H3. The lowest BCUT2D eigenvalue weighted by molar-refractivity contribution is 0.0927. The van der Waals surface area contributed by atoms with Crippen LogP contribution in [0, 0.1) is 0 Å². The van der Waals surface area contributed by atoms with Gasteiger partial charge in [-0.05, 0) is 44.0 Å². The lowest BCUT2D eigenvalue weighted by Gasteiger charge is -2.31. The molecule has 1 saturated heterocycles. The Kier molecular flexibility index (Phi) is 4.44. The average molecular weight is 288 g/mol. The van der Waals surface area contributed by atoms with Crippen molar-refractivity contribution in [1.29, 1.82) is 0 Å². The second kappa shape index (κ2) is 6.48. The lowest BCUT2D eigenvalue weighted by Crippen LogP contribution is -2.40. The molecular formula is C17H24N2O2. The first kappa shape index (κ1) is 14.4. The van der Waals surface area contributed by atoms with Crippen molar-refractivity contribution in [1.82, 2.24) is 5.32 Å². The molecule has 0 amide bonds. The Labute approximate surface area is 126 Å². The number of ketones is 1. The molecule has 1 aromatic carbocycles. The van der Waals surface area contributed by atoms with Gasteiger partial charge in [0.1, 0.15) is 12.4 Å². The van der Waals surface area contributed by atoms with E-state index < -0.39 is 0 Å². The van der Waals surface area contributed by atoms with Crippen molar-refractivity contribution in [3.63, 3.8) is 0 Å². The number of Topliss-reactive ketones (excluding diaryl/α,β-unsaturated/α-hetero) is 1. The van der Waals surface area contributed by atoms with Gasteiger partial charge in [0.15, 0.2) is 5.78 Å². The van der Waals surface area contributed by atoms with E-state index in [0.717, 1.165) is 62.5 Å². The molecule has 0 aromatic heterocycles. The number of ether oxygens (including phenoxy) is 1. The minimum atomic E-state index is -0.0130. The molecular weight excluding hydrogens is 264 g/mol. The number of nitrogens with one attached hydrogen (secondary N) is 1. The van der Waals surface area contributed by atoms with Gasteiger partial charge in [0.05, 0.1) is 18.3 Å². The second-order valence-electron chi connectivity index (χ2n) is 5.88. The third-order valence-electron chi connectivity index (χ3n) is 4.32. The average Bonchev–Trinajstić information content (AvgIpc) is 2.55. The fourth-order valence-corrected chi connectivity index (χ4v) is 3.21. The number of hydrogen-bond acceptors (Lipinski definition) is 4. The van der Waals surface area contributed by atoms with E-state index >= 15 is 0 Å². The molecule has 1 fully saturated rings. The molecule has 0 radical (unpaired) electrons. The molecule has 2 aliphatic heterocycles. The quantitative estimate of drug-likeness (QED) is 0.865. The number of carbonyl (C=O) groups excluding carboxylic acids is 1. The minimum Gasteiger partial charge on any atom is -0.490 e. The van der Waals surface area contributed by atoms with E-state index in [1.807, 2.05) is 18.2 Å². The van der Waals surface area contributed by atoms with E-state index in [-0.39, 0.29) is 11.8 Å².